The zero-order valence-electron chi connectivity index (χ0n) is 17.9. The molecule has 1 N–H and O–H groups in total. The Balaban J connectivity index is 1.33. The predicted molar refractivity (Wildman–Crippen MR) is 117 cm³/mol. The number of H-pyrrole nitrogens is 1. The van der Waals surface area contributed by atoms with Crippen molar-refractivity contribution in [3.05, 3.63) is 23.0 Å². The molecule has 2 aromatic heterocycles. The Morgan fingerprint density at radius 1 is 1.35 bits per heavy atom. The molecule has 2 aromatic rings. The molecule has 5 fully saturated rings. The van der Waals surface area contributed by atoms with Gasteiger partial charge in [0.05, 0.1) is 34.7 Å². The standard InChI is InChI=1S/C24H27ClN4O2/c1-13(17-9-27-21-19(17)20(25)18(10-28-21)31-16-3-4-16)22(30)29-14-5-23(2)6-15(29)8-24(7-14,11-23)12-26/h9-10,13-16H,3-8,11H2,1-2H3,(H,27,28). The van der Waals surface area contributed by atoms with Crippen LogP contribution in [0.1, 0.15) is 70.3 Å². The molecule has 4 heterocycles. The van der Waals surface area contributed by atoms with Crippen molar-refractivity contribution < 1.29 is 9.53 Å². The molecular formula is C24H27ClN4O2. The van der Waals surface area contributed by atoms with Gasteiger partial charge < -0.3 is 14.6 Å². The lowest BCUT2D eigenvalue weighted by Crippen LogP contribution is -2.66. The van der Waals surface area contributed by atoms with E-state index in [1.165, 1.54) is 0 Å². The second-order valence-electron chi connectivity index (χ2n) is 10.7. The number of halogens is 1. The van der Waals surface area contributed by atoms with Gasteiger partial charge in [-0.05, 0) is 62.8 Å². The lowest BCUT2D eigenvalue weighted by Gasteiger charge is -2.63. The highest BCUT2D eigenvalue weighted by molar-refractivity contribution is 6.37. The molecule has 2 saturated heterocycles. The van der Waals surface area contributed by atoms with E-state index in [4.69, 9.17) is 16.3 Å². The Hall–Kier alpha value is -2.26. The lowest BCUT2D eigenvalue weighted by molar-refractivity contribution is -0.164. The number of nitrogens with one attached hydrogen (secondary N) is 1. The van der Waals surface area contributed by atoms with Gasteiger partial charge in [-0.25, -0.2) is 4.98 Å². The highest BCUT2D eigenvalue weighted by Gasteiger charge is 2.60. The quantitative estimate of drug-likeness (QED) is 0.733. The van der Waals surface area contributed by atoms with Gasteiger partial charge in [0.25, 0.3) is 0 Å². The highest BCUT2D eigenvalue weighted by atomic mass is 35.5. The molecule has 0 aromatic carbocycles. The summed E-state index contributed by atoms with van der Waals surface area (Å²) in [6.45, 7) is 4.26. The third-order valence-electron chi connectivity index (χ3n) is 8.04. The third kappa shape index (κ3) is 2.89. The van der Waals surface area contributed by atoms with Crippen LogP contribution in [0.5, 0.6) is 5.75 Å². The van der Waals surface area contributed by atoms with Crippen LogP contribution in [-0.2, 0) is 4.79 Å². The summed E-state index contributed by atoms with van der Waals surface area (Å²) in [5.41, 5.74) is 1.49. The second-order valence-corrected chi connectivity index (χ2v) is 11.1. The normalized spacial score (nSPS) is 34.7. The Labute approximate surface area is 186 Å². The molecule has 7 heteroatoms. The van der Waals surface area contributed by atoms with E-state index in [0.717, 1.165) is 55.9 Å². The van der Waals surface area contributed by atoms with Gasteiger partial charge in [0.15, 0.2) is 5.75 Å². The number of rotatable bonds is 4. The average molecular weight is 439 g/mol. The molecule has 1 amide bonds. The molecule has 31 heavy (non-hydrogen) atoms. The van der Waals surface area contributed by atoms with Gasteiger partial charge in [0.2, 0.25) is 5.91 Å². The number of aromatic amines is 1. The zero-order valence-corrected chi connectivity index (χ0v) is 18.7. The number of nitriles is 1. The van der Waals surface area contributed by atoms with E-state index in [-0.39, 0.29) is 40.8 Å². The fraction of sp³-hybridized carbons (Fsp3) is 0.625. The Bertz CT molecular complexity index is 1110. The monoisotopic (exact) mass is 438 g/mol. The van der Waals surface area contributed by atoms with Gasteiger partial charge in [0.1, 0.15) is 5.65 Å². The summed E-state index contributed by atoms with van der Waals surface area (Å²) in [6.07, 6.45) is 10.4. The largest absolute Gasteiger partial charge is 0.487 e. The molecule has 3 aliphatic carbocycles. The first-order valence-electron chi connectivity index (χ1n) is 11.4. The first-order valence-corrected chi connectivity index (χ1v) is 11.7. The highest BCUT2D eigenvalue weighted by Crippen LogP contribution is 2.61. The minimum Gasteiger partial charge on any atom is -0.487 e. The summed E-state index contributed by atoms with van der Waals surface area (Å²) in [7, 11) is 0. The Morgan fingerprint density at radius 3 is 2.71 bits per heavy atom. The van der Waals surface area contributed by atoms with Crippen LogP contribution in [-0.4, -0.2) is 39.0 Å². The van der Waals surface area contributed by atoms with E-state index in [9.17, 15) is 10.1 Å². The van der Waals surface area contributed by atoms with Crippen LogP contribution in [0, 0.1) is 22.2 Å². The summed E-state index contributed by atoms with van der Waals surface area (Å²) >= 11 is 6.72. The fourth-order valence-corrected chi connectivity index (χ4v) is 7.14. The van der Waals surface area contributed by atoms with E-state index < -0.39 is 0 Å². The van der Waals surface area contributed by atoms with Crippen LogP contribution in [0.4, 0.5) is 0 Å². The second kappa shape index (κ2) is 6.38. The smallest absolute Gasteiger partial charge is 0.230 e. The van der Waals surface area contributed by atoms with Crippen LogP contribution < -0.4 is 4.74 Å². The van der Waals surface area contributed by atoms with Crippen molar-refractivity contribution in [2.75, 3.05) is 0 Å². The number of piperidine rings is 2. The van der Waals surface area contributed by atoms with Crippen molar-refractivity contribution in [1.82, 2.24) is 14.9 Å². The number of hydrogen-bond acceptors (Lipinski definition) is 4. The van der Waals surface area contributed by atoms with E-state index in [1.54, 1.807) is 6.20 Å². The number of hydrogen-bond donors (Lipinski definition) is 1. The molecule has 6 nitrogen and oxygen atoms in total. The molecule has 3 atom stereocenters. The molecule has 7 rings (SSSR count). The zero-order chi connectivity index (χ0) is 21.5. The van der Waals surface area contributed by atoms with Crippen molar-refractivity contribution in [3.63, 3.8) is 0 Å². The van der Waals surface area contributed by atoms with E-state index >= 15 is 0 Å². The van der Waals surface area contributed by atoms with Crippen LogP contribution >= 0.6 is 11.6 Å². The fourth-order valence-electron chi connectivity index (χ4n) is 6.85. The Kier molecular flexibility index (Phi) is 4.00. The lowest BCUT2D eigenvalue weighted by atomic mass is 9.50. The molecular weight excluding hydrogens is 412 g/mol. The molecule has 4 bridgehead atoms. The van der Waals surface area contributed by atoms with Gasteiger partial charge in [-0.1, -0.05) is 18.5 Å². The van der Waals surface area contributed by atoms with Crippen molar-refractivity contribution in [2.45, 2.75) is 82.9 Å². The van der Waals surface area contributed by atoms with Crippen molar-refractivity contribution >= 4 is 28.5 Å². The van der Waals surface area contributed by atoms with Gasteiger partial charge in [-0.3, -0.25) is 4.79 Å². The van der Waals surface area contributed by atoms with Crippen LogP contribution in [0.25, 0.3) is 11.0 Å². The molecule has 0 spiro atoms. The van der Waals surface area contributed by atoms with Gasteiger partial charge in [0, 0.05) is 23.7 Å². The van der Waals surface area contributed by atoms with Crippen LogP contribution in [0.15, 0.2) is 12.4 Å². The maximum atomic E-state index is 13.8. The minimum atomic E-state index is -0.340. The summed E-state index contributed by atoms with van der Waals surface area (Å²) in [5, 5.41) is 11.2. The third-order valence-corrected chi connectivity index (χ3v) is 8.42. The summed E-state index contributed by atoms with van der Waals surface area (Å²) in [5.74, 6) is 0.388. The molecule has 162 valence electrons. The first kappa shape index (κ1) is 19.4. The molecule has 0 radical (unpaired) electrons. The van der Waals surface area contributed by atoms with Crippen LogP contribution in [0.2, 0.25) is 5.02 Å². The van der Waals surface area contributed by atoms with E-state index in [1.807, 2.05) is 13.1 Å². The SMILES string of the molecule is CC(C(=O)N1C2CC3(C)CC1CC(C#N)(C2)C3)c1c[nH]c2ncc(OC3CC3)c(Cl)c12. The maximum Gasteiger partial charge on any atom is 0.230 e. The number of carbonyl (C=O) groups is 1. The van der Waals surface area contributed by atoms with Gasteiger partial charge >= 0.3 is 0 Å². The summed E-state index contributed by atoms with van der Waals surface area (Å²) in [4.78, 5) is 23.6. The molecule has 3 saturated carbocycles. The molecule has 3 unspecified atom stereocenters. The molecule has 2 aliphatic heterocycles. The predicted octanol–water partition coefficient (Wildman–Crippen LogP) is 4.93. The average Bonchev–Trinajstić information content (AvgIpc) is 3.43. The summed E-state index contributed by atoms with van der Waals surface area (Å²) in [6, 6.07) is 2.95. The number of amides is 1. The number of pyridine rings is 1. The first-order chi connectivity index (χ1) is 14.8. The number of nitrogens with zero attached hydrogens (tertiary/aromatic N) is 3. The van der Waals surface area contributed by atoms with Crippen molar-refractivity contribution in [3.8, 4) is 11.8 Å². The number of ether oxygens (including phenoxy) is 1. The minimum absolute atomic E-state index is 0.135. The van der Waals surface area contributed by atoms with Crippen LogP contribution in [0.3, 0.4) is 0 Å². The van der Waals surface area contributed by atoms with Gasteiger partial charge in [-0.2, -0.15) is 5.26 Å². The van der Waals surface area contributed by atoms with Gasteiger partial charge in [-0.15, -0.1) is 0 Å². The molecule has 5 aliphatic rings. The van der Waals surface area contributed by atoms with E-state index in [0.29, 0.717) is 16.4 Å². The number of fused-ring (bicyclic) bond motifs is 1. The Morgan fingerprint density at radius 2 is 2.06 bits per heavy atom. The maximum absolute atomic E-state index is 13.8. The summed E-state index contributed by atoms with van der Waals surface area (Å²) < 4.78 is 5.92. The van der Waals surface area contributed by atoms with Crippen molar-refractivity contribution in [2.24, 2.45) is 10.8 Å². The van der Waals surface area contributed by atoms with E-state index in [2.05, 4.69) is 27.9 Å². The number of carbonyl (C=O) groups excluding carboxylic acids is 1. The van der Waals surface area contributed by atoms with Crippen molar-refractivity contribution in [1.29, 1.82) is 5.26 Å². The number of aromatic nitrogens is 2. The topological polar surface area (TPSA) is 82.0 Å².